The molecule has 1 amide bonds. The van der Waals surface area contributed by atoms with E-state index >= 15 is 0 Å². The molecule has 0 bridgehead atoms. The van der Waals surface area contributed by atoms with E-state index in [4.69, 9.17) is 0 Å². The third-order valence-electron chi connectivity index (χ3n) is 4.10. The lowest BCUT2D eigenvalue weighted by Gasteiger charge is -2.08. The standard InChI is InChI=1S/C21H19N3O4S/c25-18-11-9-16(10-12-18)15-5-7-17(8-6-15)21(26)22-13-14-23-29-20-4-2-1-3-19(20)24(27)28/h1-12,23,25H,13-14H2,(H,22,26). The fourth-order valence-corrected chi connectivity index (χ4v) is 3.37. The van der Waals surface area contributed by atoms with E-state index in [1.165, 1.54) is 6.07 Å². The summed E-state index contributed by atoms with van der Waals surface area (Å²) in [6, 6.07) is 20.5. The lowest BCUT2D eigenvalue weighted by Crippen LogP contribution is -2.29. The number of phenolic OH excluding ortho intramolecular Hbond substituents is 1. The number of aromatic hydroxyl groups is 1. The van der Waals surface area contributed by atoms with Crippen molar-refractivity contribution in [1.82, 2.24) is 10.0 Å². The van der Waals surface area contributed by atoms with Crippen molar-refractivity contribution in [2.24, 2.45) is 0 Å². The summed E-state index contributed by atoms with van der Waals surface area (Å²) in [6.07, 6.45) is 0. The van der Waals surface area contributed by atoms with Gasteiger partial charge in [-0.15, -0.1) is 0 Å². The molecule has 0 spiro atoms. The summed E-state index contributed by atoms with van der Waals surface area (Å²) < 4.78 is 3.02. The summed E-state index contributed by atoms with van der Waals surface area (Å²) in [6.45, 7) is 0.834. The van der Waals surface area contributed by atoms with Crippen molar-refractivity contribution >= 4 is 23.5 Å². The average molecular weight is 409 g/mol. The van der Waals surface area contributed by atoms with Crippen LogP contribution in [0.4, 0.5) is 5.69 Å². The normalized spacial score (nSPS) is 10.5. The van der Waals surface area contributed by atoms with Crippen LogP contribution < -0.4 is 10.0 Å². The molecule has 0 aliphatic heterocycles. The van der Waals surface area contributed by atoms with Gasteiger partial charge < -0.3 is 10.4 Å². The second kappa shape index (κ2) is 9.72. The number of phenols is 1. The molecule has 0 aliphatic rings. The van der Waals surface area contributed by atoms with E-state index in [0.29, 0.717) is 23.5 Å². The van der Waals surface area contributed by atoms with E-state index in [1.54, 1.807) is 42.5 Å². The van der Waals surface area contributed by atoms with Gasteiger partial charge in [0.05, 0.1) is 4.92 Å². The molecule has 3 aromatic carbocycles. The summed E-state index contributed by atoms with van der Waals surface area (Å²) >= 11 is 1.16. The molecule has 0 heterocycles. The fraction of sp³-hybridized carbons (Fsp3) is 0.0952. The van der Waals surface area contributed by atoms with Crippen LogP contribution >= 0.6 is 11.9 Å². The Kier molecular flexibility index (Phi) is 6.83. The van der Waals surface area contributed by atoms with E-state index in [0.717, 1.165) is 23.1 Å². The third kappa shape index (κ3) is 5.56. The summed E-state index contributed by atoms with van der Waals surface area (Å²) in [5.41, 5.74) is 2.48. The number of hydrogen-bond donors (Lipinski definition) is 3. The zero-order valence-electron chi connectivity index (χ0n) is 15.4. The van der Waals surface area contributed by atoms with Gasteiger partial charge in [-0.1, -0.05) is 36.4 Å². The van der Waals surface area contributed by atoms with E-state index in [-0.39, 0.29) is 17.3 Å². The monoisotopic (exact) mass is 409 g/mol. The summed E-state index contributed by atoms with van der Waals surface area (Å²) in [5, 5.41) is 23.1. The number of nitro benzene ring substituents is 1. The Morgan fingerprint density at radius 2 is 1.55 bits per heavy atom. The zero-order valence-corrected chi connectivity index (χ0v) is 16.2. The lowest BCUT2D eigenvalue weighted by molar-refractivity contribution is -0.387. The molecule has 0 saturated heterocycles. The van der Waals surface area contributed by atoms with E-state index in [2.05, 4.69) is 10.0 Å². The van der Waals surface area contributed by atoms with Crippen LogP contribution in [0.2, 0.25) is 0 Å². The first-order valence-corrected chi connectivity index (χ1v) is 9.67. The quantitative estimate of drug-likeness (QED) is 0.225. The maximum atomic E-state index is 12.2. The number of rotatable bonds is 8. The molecule has 0 saturated carbocycles. The van der Waals surface area contributed by atoms with Crippen molar-refractivity contribution in [1.29, 1.82) is 0 Å². The Morgan fingerprint density at radius 3 is 2.21 bits per heavy atom. The van der Waals surface area contributed by atoms with Crippen LogP contribution in [0.3, 0.4) is 0 Å². The average Bonchev–Trinajstić information content (AvgIpc) is 2.74. The van der Waals surface area contributed by atoms with E-state index < -0.39 is 4.92 Å². The van der Waals surface area contributed by atoms with Gasteiger partial charge in [0.2, 0.25) is 0 Å². The number of benzene rings is 3. The van der Waals surface area contributed by atoms with E-state index in [1.807, 2.05) is 24.3 Å². The molecule has 3 aromatic rings. The summed E-state index contributed by atoms with van der Waals surface area (Å²) in [4.78, 5) is 23.3. The van der Waals surface area contributed by atoms with Crippen LogP contribution in [0.5, 0.6) is 5.75 Å². The molecule has 7 nitrogen and oxygen atoms in total. The molecule has 148 valence electrons. The Hall–Kier alpha value is -3.36. The third-order valence-corrected chi connectivity index (χ3v) is 5.02. The van der Waals surface area contributed by atoms with Crippen LogP contribution in [-0.4, -0.2) is 29.0 Å². The number of nitro groups is 1. The maximum absolute atomic E-state index is 12.2. The fourth-order valence-electron chi connectivity index (χ4n) is 2.62. The molecule has 3 N–H and O–H groups in total. The minimum absolute atomic E-state index is 0.0442. The molecule has 0 fully saturated rings. The molecule has 0 aliphatic carbocycles. The van der Waals surface area contributed by atoms with Crippen LogP contribution in [0, 0.1) is 10.1 Å². The SMILES string of the molecule is O=C(NCCNSc1ccccc1[N+](=O)[O-])c1ccc(-c2ccc(O)cc2)cc1. The number of carbonyl (C=O) groups is 1. The van der Waals surface area contributed by atoms with Gasteiger partial charge >= 0.3 is 0 Å². The molecule has 0 atom stereocenters. The smallest absolute Gasteiger partial charge is 0.284 e. The van der Waals surface area contributed by atoms with Crippen molar-refractivity contribution in [2.75, 3.05) is 13.1 Å². The number of hydrogen-bond acceptors (Lipinski definition) is 6. The highest BCUT2D eigenvalue weighted by Gasteiger charge is 2.12. The van der Waals surface area contributed by atoms with Gasteiger partial charge in [0.15, 0.2) is 0 Å². The highest BCUT2D eigenvalue weighted by Crippen LogP contribution is 2.26. The molecule has 29 heavy (non-hydrogen) atoms. The molecule has 0 unspecified atom stereocenters. The first-order valence-electron chi connectivity index (χ1n) is 8.85. The molecular weight excluding hydrogens is 390 g/mol. The van der Waals surface area contributed by atoms with Crippen LogP contribution in [0.1, 0.15) is 10.4 Å². The van der Waals surface area contributed by atoms with Crippen molar-refractivity contribution in [3.8, 4) is 16.9 Å². The molecule has 0 radical (unpaired) electrons. The van der Waals surface area contributed by atoms with Gasteiger partial charge in [0, 0.05) is 24.7 Å². The first kappa shape index (κ1) is 20.4. The van der Waals surface area contributed by atoms with Crippen LogP contribution in [0.15, 0.2) is 77.7 Å². The lowest BCUT2D eigenvalue weighted by atomic mass is 10.0. The van der Waals surface area contributed by atoms with Crippen molar-refractivity contribution in [3.63, 3.8) is 0 Å². The van der Waals surface area contributed by atoms with Crippen LogP contribution in [0.25, 0.3) is 11.1 Å². The number of carbonyl (C=O) groups excluding carboxylic acids is 1. The van der Waals surface area contributed by atoms with Gasteiger partial charge in [-0.05, 0) is 53.4 Å². The van der Waals surface area contributed by atoms with Gasteiger partial charge in [0.1, 0.15) is 10.6 Å². The Morgan fingerprint density at radius 1 is 0.931 bits per heavy atom. The van der Waals surface area contributed by atoms with Gasteiger partial charge in [-0.25, -0.2) is 0 Å². The second-order valence-electron chi connectivity index (χ2n) is 6.10. The minimum Gasteiger partial charge on any atom is -0.508 e. The predicted molar refractivity (Wildman–Crippen MR) is 113 cm³/mol. The van der Waals surface area contributed by atoms with Crippen molar-refractivity contribution in [3.05, 3.63) is 88.5 Å². The Labute approximate surface area is 172 Å². The number of nitrogens with one attached hydrogen (secondary N) is 2. The molecule has 0 aromatic heterocycles. The summed E-state index contributed by atoms with van der Waals surface area (Å²) in [5.74, 6) is 0.0122. The highest BCUT2D eigenvalue weighted by atomic mass is 32.2. The maximum Gasteiger partial charge on any atom is 0.284 e. The molecule has 8 heteroatoms. The molecule has 3 rings (SSSR count). The largest absolute Gasteiger partial charge is 0.508 e. The van der Waals surface area contributed by atoms with Crippen molar-refractivity contribution < 1.29 is 14.8 Å². The Bertz CT molecular complexity index is 992. The number of para-hydroxylation sites is 1. The predicted octanol–water partition coefficient (Wildman–Crippen LogP) is 3.99. The summed E-state index contributed by atoms with van der Waals surface area (Å²) in [7, 11) is 0. The zero-order chi connectivity index (χ0) is 20.6. The Balaban J connectivity index is 1.46. The topological polar surface area (TPSA) is 104 Å². The number of nitrogens with zero attached hydrogens (tertiary/aromatic N) is 1. The minimum atomic E-state index is -0.423. The highest BCUT2D eigenvalue weighted by molar-refractivity contribution is 7.97. The van der Waals surface area contributed by atoms with Gasteiger partial charge in [0.25, 0.3) is 11.6 Å². The van der Waals surface area contributed by atoms with Crippen molar-refractivity contribution in [2.45, 2.75) is 4.90 Å². The van der Waals surface area contributed by atoms with Gasteiger partial charge in [-0.2, -0.15) is 0 Å². The van der Waals surface area contributed by atoms with E-state index in [9.17, 15) is 20.0 Å². The second-order valence-corrected chi connectivity index (χ2v) is 7.03. The molecular formula is C21H19N3O4S. The first-order chi connectivity index (χ1) is 14.0. The van der Waals surface area contributed by atoms with Gasteiger partial charge in [-0.3, -0.25) is 19.6 Å². The number of amides is 1. The van der Waals surface area contributed by atoms with Crippen LogP contribution in [-0.2, 0) is 0 Å².